The molecule has 0 saturated heterocycles. The van der Waals surface area contributed by atoms with Crippen LogP contribution in [0.2, 0.25) is 0 Å². The van der Waals surface area contributed by atoms with E-state index in [9.17, 15) is 9.90 Å². The number of ether oxygens (including phenoxy) is 1. The molecule has 80 valence electrons. The molecule has 2 fully saturated rings. The molecule has 4 heteroatoms. The van der Waals surface area contributed by atoms with Crippen LogP contribution >= 0.6 is 0 Å². The van der Waals surface area contributed by atoms with Gasteiger partial charge in [-0.1, -0.05) is 6.42 Å². The number of carboxylic acids is 1. The normalized spacial score (nSPS) is 35.9. The van der Waals surface area contributed by atoms with E-state index in [1.165, 1.54) is 0 Å². The molecule has 0 amide bonds. The number of hydrogen-bond acceptors (Lipinski definition) is 3. The lowest BCUT2D eigenvalue weighted by Gasteiger charge is -2.61. The van der Waals surface area contributed by atoms with Crippen molar-refractivity contribution < 1.29 is 19.7 Å². The Morgan fingerprint density at radius 3 is 2.57 bits per heavy atom. The molecule has 0 heterocycles. The molecule has 0 radical (unpaired) electrons. The zero-order valence-electron chi connectivity index (χ0n) is 8.27. The van der Waals surface area contributed by atoms with Crippen molar-refractivity contribution >= 4 is 5.97 Å². The molecule has 2 rings (SSSR count). The number of rotatable bonds is 3. The molecular weight excluding hydrogens is 184 g/mol. The zero-order chi connectivity index (χ0) is 10.3. The van der Waals surface area contributed by atoms with Crippen LogP contribution in [-0.2, 0) is 9.53 Å². The number of aliphatic hydroxyl groups is 1. The van der Waals surface area contributed by atoms with Gasteiger partial charge in [-0.2, -0.15) is 0 Å². The van der Waals surface area contributed by atoms with Crippen molar-refractivity contribution in [1.82, 2.24) is 0 Å². The van der Waals surface area contributed by atoms with E-state index in [4.69, 9.17) is 9.84 Å². The van der Waals surface area contributed by atoms with Gasteiger partial charge in [0.1, 0.15) is 0 Å². The number of carboxylic acid groups (broad SMARTS) is 1. The highest BCUT2D eigenvalue weighted by Gasteiger charge is 2.61. The van der Waals surface area contributed by atoms with Crippen LogP contribution in [0, 0.1) is 11.3 Å². The Hall–Kier alpha value is -0.610. The molecule has 2 aliphatic carbocycles. The summed E-state index contributed by atoms with van der Waals surface area (Å²) in [6, 6.07) is 0. The van der Waals surface area contributed by atoms with E-state index in [-0.39, 0.29) is 17.4 Å². The highest BCUT2D eigenvalue weighted by Crippen LogP contribution is 2.61. The lowest BCUT2D eigenvalue weighted by Crippen LogP contribution is -2.62. The van der Waals surface area contributed by atoms with Crippen LogP contribution in [0.3, 0.4) is 0 Å². The Kier molecular flexibility index (Phi) is 2.27. The van der Waals surface area contributed by atoms with E-state index < -0.39 is 12.1 Å². The summed E-state index contributed by atoms with van der Waals surface area (Å²) in [6.07, 6.45) is 2.77. The fourth-order valence-electron chi connectivity index (χ4n) is 3.00. The van der Waals surface area contributed by atoms with Crippen LogP contribution in [0.25, 0.3) is 0 Å². The smallest absolute Gasteiger partial charge is 0.332 e. The van der Waals surface area contributed by atoms with Crippen LogP contribution in [0.4, 0.5) is 0 Å². The molecule has 0 aromatic heterocycles. The average Bonchev–Trinajstić information content (AvgIpc) is 1.99. The van der Waals surface area contributed by atoms with Crippen LogP contribution in [0.15, 0.2) is 0 Å². The van der Waals surface area contributed by atoms with Crippen molar-refractivity contribution in [3.05, 3.63) is 0 Å². The summed E-state index contributed by atoms with van der Waals surface area (Å²) in [6.45, 7) is 0. The minimum absolute atomic E-state index is 0.0213. The lowest BCUT2D eigenvalue weighted by atomic mass is 9.46. The molecule has 2 N–H and O–H groups in total. The first-order valence-corrected chi connectivity index (χ1v) is 5.05. The van der Waals surface area contributed by atoms with Crippen LogP contribution in [0.5, 0.6) is 0 Å². The molecule has 1 spiro atoms. The topological polar surface area (TPSA) is 66.8 Å². The number of methoxy groups -OCH3 is 1. The predicted molar refractivity (Wildman–Crippen MR) is 48.8 cm³/mol. The van der Waals surface area contributed by atoms with Crippen LogP contribution in [0.1, 0.15) is 25.7 Å². The van der Waals surface area contributed by atoms with Gasteiger partial charge in [0.05, 0.1) is 6.10 Å². The zero-order valence-corrected chi connectivity index (χ0v) is 8.27. The maximum atomic E-state index is 10.7. The molecule has 0 bridgehead atoms. The number of carbonyl (C=O) groups is 1. The van der Waals surface area contributed by atoms with Crippen molar-refractivity contribution in [2.75, 3.05) is 7.11 Å². The van der Waals surface area contributed by atoms with Gasteiger partial charge in [-0.05, 0) is 19.3 Å². The fourth-order valence-corrected chi connectivity index (χ4v) is 3.00. The van der Waals surface area contributed by atoms with Gasteiger partial charge >= 0.3 is 5.97 Å². The SMILES string of the molecule is COC1CC(C(O)C(=O)O)C12CCC2. The second-order valence-electron chi connectivity index (χ2n) is 4.44. The van der Waals surface area contributed by atoms with E-state index >= 15 is 0 Å². The molecule has 0 aliphatic heterocycles. The minimum atomic E-state index is -1.21. The van der Waals surface area contributed by atoms with Crippen molar-refractivity contribution in [1.29, 1.82) is 0 Å². The van der Waals surface area contributed by atoms with E-state index in [1.807, 2.05) is 0 Å². The third-order valence-corrected chi connectivity index (χ3v) is 4.05. The summed E-state index contributed by atoms with van der Waals surface area (Å²) in [5.41, 5.74) is -0.0213. The Bertz CT molecular complexity index is 247. The lowest BCUT2D eigenvalue weighted by molar-refractivity contribution is -0.218. The first-order chi connectivity index (χ1) is 6.62. The maximum absolute atomic E-state index is 10.7. The summed E-state index contributed by atoms with van der Waals surface area (Å²) >= 11 is 0. The van der Waals surface area contributed by atoms with Gasteiger partial charge in [0.2, 0.25) is 0 Å². The van der Waals surface area contributed by atoms with E-state index in [0.717, 1.165) is 19.3 Å². The third kappa shape index (κ3) is 1.10. The first-order valence-electron chi connectivity index (χ1n) is 5.05. The maximum Gasteiger partial charge on any atom is 0.332 e. The summed E-state index contributed by atoms with van der Waals surface area (Å²) in [7, 11) is 1.66. The summed E-state index contributed by atoms with van der Waals surface area (Å²) in [4.78, 5) is 10.7. The van der Waals surface area contributed by atoms with Crippen molar-refractivity contribution in [2.45, 2.75) is 37.9 Å². The van der Waals surface area contributed by atoms with Gasteiger partial charge in [0.15, 0.2) is 6.10 Å². The van der Waals surface area contributed by atoms with Crippen molar-refractivity contribution in [3.63, 3.8) is 0 Å². The van der Waals surface area contributed by atoms with Crippen molar-refractivity contribution in [2.24, 2.45) is 11.3 Å². The second kappa shape index (κ2) is 3.21. The predicted octanol–water partition coefficient (Wildman–Crippen LogP) is 0.637. The van der Waals surface area contributed by atoms with Gasteiger partial charge in [-0.3, -0.25) is 0 Å². The van der Waals surface area contributed by atoms with Crippen LogP contribution < -0.4 is 0 Å². The molecule has 2 aliphatic rings. The van der Waals surface area contributed by atoms with Crippen LogP contribution in [-0.4, -0.2) is 35.5 Å². The molecule has 0 aromatic carbocycles. The quantitative estimate of drug-likeness (QED) is 0.701. The summed E-state index contributed by atoms with van der Waals surface area (Å²) in [5, 5.41) is 18.2. The highest BCUT2D eigenvalue weighted by molar-refractivity contribution is 5.72. The van der Waals surface area contributed by atoms with Gasteiger partial charge in [0.25, 0.3) is 0 Å². The molecule has 2 saturated carbocycles. The molecule has 4 nitrogen and oxygen atoms in total. The fraction of sp³-hybridized carbons (Fsp3) is 0.900. The number of aliphatic hydroxyl groups excluding tert-OH is 1. The highest BCUT2D eigenvalue weighted by atomic mass is 16.5. The van der Waals surface area contributed by atoms with E-state index in [0.29, 0.717) is 6.42 Å². The van der Waals surface area contributed by atoms with Gasteiger partial charge in [-0.15, -0.1) is 0 Å². The van der Waals surface area contributed by atoms with E-state index in [1.54, 1.807) is 7.11 Å². The minimum Gasteiger partial charge on any atom is -0.479 e. The second-order valence-corrected chi connectivity index (χ2v) is 4.44. The van der Waals surface area contributed by atoms with Gasteiger partial charge < -0.3 is 14.9 Å². The van der Waals surface area contributed by atoms with Crippen molar-refractivity contribution in [3.8, 4) is 0 Å². The Morgan fingerprint density at radius 2 is 2.21 bits per heavy atom. The molecule has 3 atom stereocenters. The Labute approximate surface area is 82.9 Å². The van der Waals surface area contributed by atoms with Gasteiger partial charge in [-0.25, -0.2) is 4.79 Å². The Morgan fingerprint density at radius 1 is 1.57 bits per heavy atom. The number of hydrogen-bond donors (Lipinski definition) is 2. The average molecular weight is 200 g/mol. The molecule has 3 unspecified atom stereocenters. The monoisotopic (exact) mass is 200 g/mol. The Balaban J connectivity index is 2.06. The largest absolute Gasteiger partial charge is 0.479 e. The van der Waals surface area contributed by atoms with Gasteiger partial charge in [0, 0.05) is 18.4 Å². The summed E-state index contributed by atoms with van der Waals surface area (Å²) < 4.78 is 5.30. The summed E-state index contributed by atoms with van der Waals surface area (Å²) in [5.74, 6) is -1.20. The first kappa shape index (κ1) is 9.93. The van der Waals surface area contributed by atoms with E-state index in [2.05, 4.69) is 0 Å². The molecule has 14 heavy (non-hydrogen) atoms. The third-order valence-electron chi connectivity index (χ3n) is 4.05. The standard InChI is InChI=1S/C10H16O4/c1-14-7-5-6(8(11)9(12)13)10(7)3-2-4-10/h6-8,11H,2-5H2,1H3,(H,12,13). The number of aliphatic carboxylic acids is 1. The molecular formula is C10H16O4. The molecule has 0 aromatic rings.